The number of halogens is 1. The molecule has 2 aromatic carbocycles. The van der Waals surface area contributed by atoms with E-state index in [1.165, 1.54) is 11.8 Å². The Morgan fingerprint density at radius 3 is 2.60 bits per heavy atom. The summed E-state index contributed by atoms with van der Waals surface area (Å²) < 4.78 is 2.76. The van der Waals surface area contributed by atoms with E-state index < -0.39 is 0 Å². The number of aromatic nitrogens is 3. The van der Waals surface area contributed by atoms with Crippen LogP contribution in [0.2, 0.25) is 0 Å². The summed E-state index contributed by atoms with van der Waals surface area (Å²) >= 11 is 4.70. The maximum absolute atomic E-state index is 12.4. The maximum atomic E-state index is 12.4. The summed E-state index contributed by atoms with van der Waals surface area (Å²) in [5, 5.41) is 14.8. The standard InChI is InChI=1S/C21H22BrN5O2S/c1-13-11-16(22)9-10-17(13)24-18(28)12-30-21-26-25-19(27(21)3)14(2)23-20(29)15-7-5-4-6-8-15/h4-11,14H,12H2,1-3H3,(H,23,29)(H,24,28). The van der Waals surface area contributed by atoms with Crippen molar-refractivity contribution in [3.05, 3.63) is 70.0 Å². The number of nitrogens with one attached hydrogen (secondary N) is 2. The molecular formula is C21H22BrN5O2S. The average molecular weight is 488 g/mol. The number of thioether (sulfide) groups is 1. The lowest BCUT2D eigenvalue weighted by molar-refractivity contribution is -0.113. The van der Waals surface area contributed by atoms with Crippen LogP contribution in [0.5, 0.6) is 0 Å². The van der Waals surface area contributed by atoms with Crippen molar-refractivity contribution >= 4 is 45.2 Å². The van der Waals surface area contributed by atoms with Gasteiger partial charge in [-0.05, 0) is 49.7 Å². The van der Waals surface area contributed by atoms with Crippen molar-refractivity contribution in [2.45, 2.75) is 25.0 Å². The van der Waals surface area contributed by atoms with Gasteiger partial charge < -0.3 is 15.2 Å². The van der Waals surface area contributed by atoms with E-state index in [4.69, 9.17) is 0 Å². The van der Waals surface area contributed by atoms with Crippen molar-refractivity contribution in [2.24, 2.45) is 7.05 Å². The molecule has 2 amide bonds. The van der Waals surface area contributed by atoms with Gasteiger partial charge in [0, 0.05) is 22.8 Å². The fourth-order valence-electron chi connectivity index (χ4n) is 2.85. The summed E-state index contributed by atoms with van der Waals surface area (Å²) in [4.78, 5) is 24.7. The Balaban J connectivity index is 1.58. The summed E-state index contributed by atoms with van der Waals surface area (Å²) in [5.41, 5.74) is 2.34. The number of carbonyl (C=O) groups excluding carboxylic acids is 2. The minimum absolute atomic E-state index is 0.125. The summed E-state index contributed by atoms with van der Waals surface area (Å²) in [5.74, 6) is 0.516. The molecule has 0 fully saturated rings. The lowest BCUT2D eigenvalue weighted by Gasteiger charge is -2.13. The highest BCUT2D eigenvalue weighted by Crippen LogP contribution is 2.22. The fourth-order valence-corrected chi connectivity index (χ4v) is 4.04. The molecule has 9 heteroatoms. The van der Waals surface area contributed by atoms with Gasteiger partial charge in [0.1, 0.15) is 0 Å². The van der Waals surface area contributed by atoms with Gasteiger partial charge in [0.15, 0.2) is 11.0 Å². The van der Waals surface area contributed by atoms with Crippen molar-refractivity contribution in [3.63, 3.8) is 0 Å². The number of hydrogen-bond acceptors (Lipinski definition) is 5. The highest BCUT2D eigenvalue weighted by Gasteiger charge is 2.19. The number of carbonyl (C=O) groups is 2. The van der Waals surface area contributed by atoms with Crippen LogP contribution in [-0.2, 0) is 11.8 Å². The first kappa shape index (κ1) is 22.0. The first-order valence-corrected chi connectivity index (χ1v) is 11.1. The molecule has 0 aliphatic carbocycles. The molecule has 30 heavy (non-hydrogen) atoms. The molecule has 0 spiro atoms. The first-order chi connectivity index (χ1) is 14.3. The molecule has 7 nitrogen and oxygen atoms in total. The molecule has 0 aliphatic rings. The van der Waals surface area contributed by atoms with Gasteiger partial charge in [0.25, 0.3) is 5.91 Å². The van der Waals surface area contributed by atoms with Crippen molar-refractivity contribution < 1.29 is 9.59 Å². The SMILES string of the molecule is Cc1cc(Br)ccc1NC(=O)CSc1nnc(C(C)NC(=O)c2ccccc2)n1C. The summed E-state index contributed by atoms with van der Waals surface area (Å²) in [6.07, 6.45) is 0. The van der Waals surface area contributed by atoms with Gasteiger partial charge in [-0.2, -0.15) is 0 Å². The average Bonchev–Trinajstić information content (AvgIpc) is 3.09. The topological polar surface area (TPSA) is 88.9 Å². The molecule has 0 saturated heterocycles. The van der Waals surface area contributed by atoms with E-state index in [9.17, 15) is 9.59 Å². The van der Waals surface area contributed by atoms with Gasteiger partial charge in [0.05, 0.1) is 11.8 Å². The molecule has 1 heterocycles. The molecule has 1 aromatic heterocycles. The molecule has 3 aromatic rings. The van der Waals surface area contributed by atoms with E-state index in [-0.39, 0.29) is 23.6 Å². The molecule has 2 N–H and O–H groups in total. The van der Waals surface area contributed by atoms with Crippen LogP contribution < -0.4 is 10.6 Å². The van der Waals surface area contributed by atoms with Gasteiger partial charge in [-0.15, -0.1) is 10.2 Å². The third-order valence-electron chi connectivity index (χ3n) is 4.43. The highest BCUT2D eigenvalue weighted by atomic mass is 79.9. The van der Waals surface area contributed by atoms with Crippen molar-refractivity contribution in [2.75, 3.05) is 11.1 Å². The van der Waals surface area contributed by atoms with Gasteiger partial charge in [0.2, 0.25) is 5.91 Å². The number of aryl methyl sites for hydroxylation is 1. The lowest BCUT2D eigenvalue weighted by atomic mass is 10.2. The third kappa shape index (κ3) is 5.48. The van der Waals surface area contributed by atoms with Crippen LogP contribution in [0.1, 0.15) is 34.7 Å². The molecule has 0 radical (unpaired) electrons. The van der Waals surface area contributed by atoms with E-state index in [1.807, 2.05) is 57.3 Å². The molecule has 1 unspecified atom stereocenters. The number of anilines is 1. The summed E-state index contributed by atoms with van der Waals surface area (Å²) in [7, 11) is 1.82. The summed E-state index contributed by atoms with van der Waals surface area (Å²) in [6.45, 7) is 3.79. The largest absolute Gasteiger partial charge is 0.342 e. The molecule has 0 bridgehead atoms. The molecule has 0 aliphatic heterocycles. The highest BCUT2D eigenvalue weighted by molar-refractivity contribution is 9.10. The minimum Gasteiger partial charge on any atom is -0.342 e. The Morgan fingerprint density at radius 1 is 1.17 bits per heavy atom. The zero-order valence-electron chi connectivity index (χ0n) is 16.8. The number of hydrogen-bond donors (Lipinski definition) is 2. The van der Waals surface area contributed by atoms with Gasteiger partial charge in [-0.25, -0.2) is 0 Å². The molecule has 0 saturated carbocycles. The quantitative estimate of drug-likeness (QED) is 0.489. The Morgan fingerprint density at radius 2 is 1.90 bits per heavy atom. The van der Waals surface area contributed by atoms with Crippen molar-refractivity contribution in [1.82, 2.24) is 20.1 Å². The maximum Gasteiger partial charge on any atom is 0.251 e. The number of amides is 2. The van der Waals surface area contributed by atoms with Crippen molar-refractivity contribution in [1.29, 1.82) is 0 Å². The van der Waals surface area contributed by atoms with Crippen LogP contribution in [0.4, 0.5) is 5.69 Å². The van der Waals surface area contributed by atoms with Crippen molar-refractivity contribution in [3.8, 4) is 0 Å². The number of rotatable bonds is 7. The van der Waals surface area contributed by atoms with Crippen LogP contribution in [0.3, 0.4) is 0 Å². The number of benzene rings is 2. The Labute approximate surface area is 187 Å². The monoisotopic (exact) mass is 487 g/mol. The van der Waals surface area contributed by atoms with Gasteiger partial charge >= 0.3 is 0 Å². The molecule has 1 atom stereocenters. The van der Waals surface area contributed by atoms with Gasteiger partial charge in [-0.1, -0.05) is 45.9 Å². The van der Waals surface area contributed by atoms with Crippen LogP contribution in [0.25, 0.3) is 0 Å². The normalized spacial score (nSPS) is 11.7. The molecular weight excluding hydrogens is 466 g/mol. The minimum atomic E-state index is -0.330. The zero-order valence-corrected chi connectivity index (χ0v) is 19.3. The predicted molar refractivity (Wildman–Crippen MR) is 122 cm³/mol. The van der Waals surface area contributed by atoms with Crippen LogP contribution in [-0.4, -0.2) is 32.3 Å². The third-order valence-corrected chi connectivity index (χ3v) is 5.95. The second-order valence-corrected chi connectivity index (χ2v) is 8.62. The predicted octanol–water partition coefficient (Wildman–Crippen LogP) is 4.11. The van der Waals surface area contributed by atoms with Gasteiger partial charge in [-0.3, -0.25) is 9.59 Å². The van der Waals surface area contributed by atoms with E-state index >= 15 is 0 Å². The van der Waals surface area contributed by atoms with Crippen LogP contribution in [0, 0.1) is 6.92 Å². The second kappa shape index (κ2) is 9.90. The van der Waals surface area contributed by atoms with Crippen LogP contribution >= 0.6 is 27.7 Å². The molecule has 3 rings (SSSR count). The van der Waals surface area contributed by atoms with E-state index in [1.54, 1.807) is 16.7 Å². The van der Waals surface area contributed by atoms with Crippen LogP contribution in [0.15, 0.2) is 58.2 Å². The zero-order chi connectivity index (χ0) is 21.7. The lowest BCUT2D eigenvalue weighted by Crippen LogP contribution is -2.28. The van der Waals surface area contributed by atoms with E-state index in [2.05, 4.69) is 36.8 Å². The smallest absolute Gasteiger partial charge is 0.251 e. The second-order valence-electron chi connectivity index (χ2n) is 6.76. The fraction of sp³-hybridized carbons (Fsp3) is 0.238. The van der Waals surface area contributed by atoms with E-state index in [0.717, 1.165) is 15.7 Å². The first-order valence-electron chi connectivity index (χ1n) is 9.29. The Hall–Kier alpha value is -2.65. The Bertz CT molecular complexity index is 1050. The molecule has 156 valence electrons. The van der Waals surface area contributed by atoms with E-state index in [0.29, 0.717) is 16.5 Å². The Kier molecular flexibility index (Phi) is 7.28. The summed E-state index contributed by atoms with van der Waals surface area (Å²) in [6, 6.07) is 14.4. The number of nitrogens with zero attached hydrogens (tertiary/aromatic N) is 3.